The third-order valence-electron chi connectivity index (χ3n) is 3.58. The van der Waals surface area contributed by atoms with Crippen molar-refractivity contribution < 1.29 is 4.74 Å². The summed E-state index contributed by atoms with van der Waals surface area (Å²) < 4.78 is 6.07. The summed E-state index contributed by atoms with van der Waals surface area (Å²) >= 11 is 0. The first-order chi connectivity index (χ1) is 10.2. The van der Waals surface area contributed by atoms with E-state index in [4.69, 9.17) is 4.74 Å². The van der Waals surface area contributed by atoms with Crippen molar-refractivity contribution in [1.29, 1.82) is 0 Å². The van der Waals surface area contributed by atoms with Crippen LogP contribution in [-0.2, 0) is 0 Å². The van der Waals surface area contributed by atoms with Gasteiger partial charge < -0.3 is 10.1 Å². The lowest BCUT2D eigenvalue weighted by Crippen LogP contribution is -2.02. The first-order valence-electron chi connectivity index (χ1n) is 7.71. The Bertz CT molecular complexity index is 569. The second-order valence-corrected chi connectivity index (χ2v) is 5.25. The van der Waals surface area contributed by atoms with Crippen molar-refractivity contribution in [2.45, 2.75) is 39.5 Å². The first kappa shape index (κ1) is 15.4. The number of ether oxygens (including phenoxy) is 1. The molecular weight excluding hydrogens is 260 g/mol. The first-order valence-corrected chi connectivity index (χ1v) is 7.71. The number of hydrogen-bond donors (Lipinski definition) is 1. The highest BCUT2D eigenvalue weighted by Crippen LogP contribution is 2.32. The lowest BCUT2D eigenvalue weighted by atomic mass is 9.98. The average Bonchev–Trinajstić information content (AvgIpc) is 2.53. The highest BCUT2D eigenvalue weighted by atomic mass is 16.5. The third-order valence-corrected chi connectivity index (χ3v) is 3.58. The zero-order valence-electron chi connectivity index (χ0n) is 13.1. The van der Waals surface area contributed by atoms with E-state index in [2.05, 4.69) is 43.2 Å². The molecule has 0 saturated carbocycles. The summed E-state index contributed by atoms with van der Waals surface area (Å²) in [5.41, 5.74) is 1.25. The van der Waals surface area contributed by atoms with Crippen LogP contribution in [0.4, 0.5) is 5.82 Å². The van der Waals surface area contributed by atoms with Gasteiger partial charge in [0.15, 0.2) is 0 Å². The van der Waals surface area contributed by atoms with Gasteiger partial charge in [-0.3, -0.25) is 0 Å². The topological polar surface area (TPSA) is 34.1 Å². The number of aromatic nitrogens is 1. The molecule has 1 unspecified atom stereocenters. The molecule has 0 aliphatic heterocycles. The number of nitrogens with zero attached hydrogens (tertiary/aromatic N) is 1. The molecule has 1 aromatic heterocycles. The highest BCUT2D eigenvalue weighted by Gasteiger charge is 2.10. The molecule has 1 aromatic carbocycles. The maximum atomic E-state index is 6.07. The van der Waals surface area contributed by atoms with Gasteiger partial charge in [0.1, 0.15) is 17.3 Å². The molecule has 0 spiro atoms. The molecule has 0 saturated heterocycles. The molecule has 1 heterocycles. The van der Waals surface area contributed by atoms with Gasteiger partial charge in [0, 0.05) is 18.8 Å². The third kappa shape index (κ3) is 4.22. The number of hydrogen-bond acceptors (Lipinski definition) is 3. The van der Waals surface area contributed by atoms with Crippen LogP contribution < -0.4 is 10.1 Å². The molecule has 3 heteroatoms. The van der Waals surface area contributed by atoms with E-state index in [-0.39, 0.29) is 0 Å². The predicted octanol–water partition coefficient (Wildman–Crippen LogP) is 5.21. The van der Waals surface area contributed by atoms with Crippen LogP contribution in [0.5, 0.6) is 11.5 Å². The fourth-order valence-corrected chi connectivity index (χ4v) is 2.15. The lowest BCUT2D eigenvalue weighted by molar-refractivity contribution is 0.470. The van der Waals surface area contributed by atoms with Gasteiger partial charge in [0.25, 0.3) is 0 Å². The smallest absolute Gasteiger partial charge is 0.132 e. The van der Waals surface area contributed by atoms with Crippen LogP contribution in [-0.4, -0.2) is 11.5 Å². The molecule has 0 aliphatic rings. The van der Waals surface area contributed by atoms with E-state index in [1.165, 1.54) is 5.56 Å². The molecule has 112 valence electrons. The minimum absolute atomic E-state index is 0.487. The Morgan fingerprint density at radius 2 is 2.00 bits per heavy atom. The molecule has 1 atom stereocenters. The molecule has 0 radical (unpaired) electrons. The second-order valence-electron chi connectivity index (χ2n) is 5.25. The highest BCUT2D eigenvalue weighted by molar-refractivity contribution is 5.44. The zero-order chi connectivity index (χ0) is 15.1. The predicted molar refractivity (Wildman–Crippen MR) is 88.2 cm³/mol. The summed E-state index contributed by atoms with van der Waals surface area (Å²) in [5.74, 6) is 3.09. The van der Waals surface area contributed by atoms with Crippen LogP contribution in [0.1, 0.15) is 45.1 Å². The Morgan fingerprint density at radius 1 is 1.19 bits per heavy atom. The number of benzene rings is 1. The van der Waals surface area contributed by atoms with Gasteiger partial charge in [-0.05, 0) is 36.5 Å². The lowest BCUT2D eigenvalue weighted by Gasteiger charge is -2.15. The minimum atomic E-state index is 0.487. The standard InChI is InChI=1S/C18H24N2O/c1-4-11-19-18-13-15(10-12-20-18)21-17-9-7-6-8-16(17)14(3)5-2/h6-10,12-14H,4-5,11H2,1-3H3,(H,19,20). The molecule has 21 heavy (non-hydrogen) atoms. The molecular formula is C18H24N2O. The molecule has 2 rings (SSSR count). The van der Waals surface area contributed by atoms with Gasteiger partial charge >= 0.3 is 0 Å². The number of rotatable bonds is 7. The summed E-state index contributed by atoms with van der Waals surface area (Å²) in [6, 6.07) is 12.1. The van der Waals surface area contributed by atoms with Gasteiger partial charge in [0.2, 0.25) is 0 Å². The maximum Gasteiger partial charge on any atom is 0.132 e. The summed E-state index contributed by atoms with van der Waals surface area (Å²) in [5, 5.41) is 3.28. The monoisotopic (exact) mass is 284 g/mol. The van der Waals surface area contributed by atoms with E-state index in [0.29, 0.717) is 5.92 Å². The van der Waals surface area contributed by atoms with Crippen molar-refractivity contribution in [3.05, 3.63) is 48.2 Å². The Morgan fingerprint density at radius 3 is 2.76 bits per heavy atom. The summed E-state index contributed by atoms with van der Waals surface area (Å²) in [6.07, 6.45) is 3.95. The molecule has 1 N–H and O–H groups in total. The molecule has 0 bridgehead atoms. The number of para-hydroxylation sites is 1. The van der Waals surface area contributed by atoms with Crippen LogP contribution in [0.2, 0.25) is 0 Å². The van der Waals surface area contributed by atoms with Crippen LogP contribution in [0, 0.1) is 0 Å². The minimum Gasteiger partial charge on any atom is -0.457 e. The Kier molecular flexibility index (Phi) is 5.61. The Hall–Kier alpha value is -2.03. The molecule has 3 nitrogen and oxygen atoms in total. The zero-order valence-corrected chi connectivity index (χ0v) is 13.1. The van der Waals surface area contributed by atoms with E-state index >= 15 is 0 Å². The normalized spacial score (nSPS) is 12.0. The Balaban J connectivity index is 2.18. The van der Waals surface area contributed by atoms with Crippen molar-refractivity contribution in [1.82, 2.24) is 4.98 Å². The molecule has 0 fully saturated rings. The summed E-state index contributed by atoms with van der Waals surface area (Å²) in [4.78, 5) is 4.30. The van der Waals surface area contributed by atoms with Crippen molar-refractivity contribution in [2.75, 3.05) is 11.9 Å². The quantitative estimate of drug-likeness (QED) is 0.758. The number of nitrogens with one attached hydrogen (secondary N) is 1. The fourth-order valence-electron chi connectivity index (χ4n) is 2.15. The SMILES string of the molecule is CCCNc1cc(Oc2ccccc2C(C)CC)ccn1. The van der Waals surface area contributed by atoms with Crippen LogP contribution in [0.3, 0.4) is 0 Å². The van der Waals surface area contributed by atoms with Crippen LogP contribution in [0.15, 0.2) is 42.6 Å². The van der Waals surface area contributed by atoms with Gasteiger partial charge in [-0.2, -0.15) is 0 Å². The summed E-state index contributed by atoms with van der Waals surface area (Å²) in [6.45, 7) is 7.47. The van der Waals surface area contributed by atoms with Crippen molar-refractivity contribution in [2.24, 2.45) is 0 Å². The molecule has 0 aliphatic carbocycles. The van der Waals surface area contributed by atoms with Gasteiger partial charge in [-0.1, -0.05) is 39.0 Å². The number of anilines is 1. The van der Waals surface area contributed by atoms with Crippen molar-refractivity contribution in [3.63, 3.8) is 0 Å². The number of pyridine rings is 1. The van der Waals surface area contributed by atoms with Crippen molar-refractivity contribution >= 4 is 5.82 Å². The van der Waals surface area contributed by atoms with E-state index in [1.54, 1.807) is 6.20 Å². The van der Waals surface area contributed by atoms with E-state index in [1.807, 2.05) is 24.3 Å². The average molecular weight is 284 g/mol. The maximum absolute atomic E-state index is 6.07. The van der Waals surface area contributed by atoms with Gasteiger partial charge in [-0.25, -0.2) is 4.98 Å². The van der Waals surface area contributed by atoms with Crippen LogP contribution in [0.25, 0.3) is 0 Å². The van der Waals surface area contributed by atoms with Gasteiger partial charge in [0.05, 0.1) is 0 Å². The molecule has 2 aromatic rings. The van der Waals surface area contributed by atoms with Gasteiger partial charge in [-0.15, -0.1) is 0 Å². The molecule has 0 amide bonds. The van der Waals surface area contributed by atoms with Crippen molar-refractivity contribution in [3.8, 4) is 11.5 Å². The fraction of sp³-hybridized carbons (Fsp3) is 0.389. The van der Waals surface area contributed by atoms with E-state index in [0.717, 1.165) is 36.7 Å². The summed E-state index contributed by atoms with van der Waals surface area (Å²) in [7, 11) is 0. The largest absolute Gasteiger partial charge is 0.457 e. The van der Waals surface area contributed by atoms with E-state index in [9.17, 15) is 0 Å². The second kappa shape index (κ2) is 7.67. The Labute approximate surface area is 127 Å². The van der Waals surface area contributed by atoms with Crippen LogP contribution >= 0.6 is 0 Å². The van der Waals surface area contributed by atoms with E-state index < -0.39 is 0 Å².